The van der Waals surface area contributed by atoms with Gasteiger partial charge in [0.1, 0.15) is 0 Å². The largest absolute Gasteiger partial charge is 0.334 e. The van der Waals surface area contributed by atoms with Crippen LogP contribution < -0.4 is 0 Å². The van der Waals surface area contributed by atoms with Gasteiger partial charge in [-0.15, -0.1) is 0 Å². The maximum absolute atomic E-state index is 11.7. The second-order valence-electron chi connectivity index (χ2n) is 6.88. The number of carbonyl (C=O) groups excluding carboxylic acids is 1. The van der Waals surface area contributed by atoms with Crippen LogP contribution in [0.2, 0.25) is 0 Å². The predicted molar refractivity (Wildman–Crippen MR) is 98.8 cm³/mol. The molecule has 23 heavy (non-hydrogen) atoms. The van der Waals surface area contributed by atoms with Gasteiger partial charge in [0.25, 0.3) is 0 Å². The number of fused-ring (bicyclic) bond motifs is 2. The molecule has 0 aromatic heterocycles. The van der Waals surface area contributed by atoms with Gasteiger partial charge in [0.2, 0.25) is 5.91 Å². The first-order chi connectivity index (χ1) is 11.1. The van der Waals surface area contributed by atoms with Crippen LogP contribution in [0.1, 0.15) is 66.2 Å². The summed E-state index contributed by atoms with van der Waals surface area (Å²) in [7, 11) is 2.20. The van der Waals surface area contributed by atoms with E-state index in [2.05, 4.69) is 28.7 Å². The highest BCUT2D eigenvalue weighted by atomic mass is 16.2. The highest BCUT2D eigenvalue weighted by Crippen LogP contribution is 2.30. The molecule has 2 rings (SSSR count). The Morgan fingerprint density at radius 1 is 1.04 bits per heavy atom. The maximum Gasteiger partial charge on any atom is 0.220 e. The lowest BCUT2D eigenvalue weighted by molar-refractivity contribution is -0.134. The van der Waals surface area contributed by atoms with Gasteiger partial charge < -0.3 is 9.80 Å². The number of likely N-dealkylation sites (tertiary alicyclic amines) is 1. The first-order valence-electron chi connectivity index (χ1n) is 9.81. The number of amides is 1. The molecule has 2 aliphatic heterocycles. The summed E-state index contributed by atoms with van der Waals surface area (Å²) in [5.74, 6) is 0.280. The third kappa shape index (κ3) is 6.42. The number of hydrogen-bond donors (Lipinski definition) is 0. The summed E-state index contributed by atoms with van der Waals surface area (Å²) < 4.78 is 0. The van der Waals surface area contributed by atoms with Gasteiger partial charge in [-0.05, 0) is 52.4 Å². The average Bonchev–Trinajstić information content (AvgIpc) is 2.84. The van der Waals surface area contributed by atoms with Crippen molar-refractivity contribution in [3.8, 4) is 0 Å². The second-order valence-corrected chi connectivity index (χ2v) is 6.88. The summed E-state index contributed by atoms with van der Waals surface area (Å²) in [6, 6.07) is 0.999. The summed E-state index contributed by atoms with van der Waals surface area (Å²) in [4.78, 5) is 18.8. The van der Waals surface area contributed by atoms with Crippen LogP contribution in [0.3, 0.4) is 0 Å². The van der Waals surface area contributed by atoms with E-state index in [-0.39, 0.29) is 5.91 Å². The molecule has 0 N–H and O–H groups in total. The van der Waals surface area contributed by atoms with Crippen molar-refractivity contribution >= 4 is 5.91 Å². The zero-order valence-electron chi connectivity index (χ0n) is 16.2. The van der Waals surface area contributed by atoms with E-state index in [1.54, 1.807) is 6.92 Å². The monoisotopic (exact) mass is 325 g/mol. The minimum Gasteiger partial charge on any atom is -0.334 e. The smallest absolute Gasteiger partial charge is 0.220 e. The van der Waals surface area contributed by atoms with E-state index in [9.17, 15) is 4.79 Å². The quantitative estimate of drug-likeness (QED) is 0.641. The average molecular weight is 326 g/mol. The van der Waals surface area contributed by atoms with Gasteiger partial charge >= 0.3 is 0 Å². The third-order valence-corrected chi connectivity index (χ3v) is 5.23. The fraction of sp³-hybridized carbons (Fsp3) is 0.947. The predicted octanol–water partition coefficient (Wildman–Crippen LogP) is 3.22. The number of carbonyl (C=O) groups is 1. The number of hydrogen-bond acceptors (Lipinski definition) is 3. The van der Waals surface area contributed by atoms with E-state index < -0.39 is 0 Å². The number of nitrogens with zero attached hydrogens (tertiary/aromatic N) is 3. The molecule has 1 amide bonds. The Balaban J connectivity index is 0.00000127. The molecule has 2 atom stereocenters. The van der Waals surface area contributed by atoms with Crippen LogP contribution in [0, 0.1) is 0 Å². The van der Waals surface area contributed by atoms with Crippen molar-refractivity contribution in [2.45, 2.75) is 78.3 Å². The lowest BCUT2D eigenvalue weighted by Crippen LogP contribution is -2.55. The zero-order valence-corrected chi connectivity index (χ0v) is 16.2. The van der Waals surface area contributed by atoms with Crippen molar-refractivity contribution in [2.24, 2.45) is 0 Å². The van der Waals surface area contributed by atoms with E-state index in [4.69, 9.17) is 0 Å². The lowest BCUT2D eigenvalue weighted by Gasteiger charge is -2.40. The summed E-state index contributed by atoms with van der Waals surface area (Å²) in [5.41, 5.74) is 0. The van der Waals surface area contributed by atoms with Gasteiger partial charge in [0.15, 0.2) is 0 Å². The van der Waals surface area contributed by atoms with Gasteiger partial charge in [-0.25, -0.2) is 0 Å². The zero-order chi connectivity index (χ0) is 17.2. The number of piperazine rings is 1. The molecule has 2 unspecified atom stereocenters. The molecule has 4 heteroatoms. The third-order valence-electron chi connectivity index (χ3n) is 5.23. The standard InChI is InChI=1S/C17H33N3O.C2H6/c1-4-18(3)11-7-5-6-8-12-19-13-16-9-10-17(14-19)20(16)15(2)21;1-2/h16-17H,4-14H2,1-3H3;1-2H3. The van der Waals surface area contributed by atoms with Crippen molar-refractivity contribution in [1.29, 1.82) is 0 Å². The molecule has 2 fully saturated rings. The molecule has 2 bridgehead atoms. The number of unbranched alkanes of at least 4 members (excludes halogenated alkanes) is 3. The Morgan fingerprint density at radius 3 is 2.13 bits per heavy atom. The molecule has 0 aliphatic carbocycles. The molecule has 136 valence electrons. The lowest BCUT2D eigenvalue weighted by atomic mass is 10.1. The topological polar surface area (TPSA) is 26.8 Å². The first kappa shape index (κ1) is 20.4. The highest BCUT2D eigenvalue weighted by Gasteiger charge is 2.40. The minimum absolute atomic E-state index is 0.280. The van der Waals surface area contributed by atoms with Gasteiger partial charge in [0, 0.05) is 32.1 Å². The Labute approximate surface area is 144 Å². The molecule has 0 aromatic carbocycles. The van der Waals surface area contributed by atoms with Crippen LogP contribution >= 0.6 is 0 Å². The van der Waals surface area contributed by atoms with E-state index in [1.807, 2.05) is 13.8 Å². The van der Waals surface area contributed by atoms with Crippen molar-refractivity contribution in [2.75, 3.05) is 39.8 Å². The molecule has 0 spiro atoms. The SMILES string of the molecule is CC.CCN(C)CCCCCCN1CC2CCC(C1)N2C(C)=O. The van der Waals surface area contributed by atoms with Crippen LogP contribution in [0.25, 0.3) is 0 Å². The Hall–Kier alpha value is -0.610. The molecule has 2 heterocycles. The molecule has 2 aliphatic rings. The maximum atomic E-state index is 11.7. The van der Waals surface area contributed by atoms with Crippen molar-refractivity contribution in [3.63, 3.8) is 0 Å². The van der Waals surface area contributed by atoms with Crippen LogP contribution in [0.5, 0.6) is 0 Å². The normalized spacial score (nSPS) is 23.8. The van der Waals surface area contributed by atoms with Crippen molar-refractivity contribution in [1.82, 2.24) is 14.7 Å². The summed E-state index contributed by atoms with van der Waals surface area (Å²) in [6.45, 7) is 13.8. The van der Waals surface area contributed by atoms with E-state index in [0.29, 0.717) is 12.1 Å². The van der Waals surface area contributed by atoms with Crippen LogP contribution in [0.4, 0.5) is 0 Å². The Morgan fingerprint density at radius 2 is 1.61 bits per heavy atom. The van der Waals surface area contributed by atoms with E-state index in [1.165, 1.54) is 51.6 Å². The summed E-state index contributed by atoms with van der Waals surface area (Å²) >= 11 is 0. The van der Waals surface area contributed by atoms with E-state index in [0.717, 1.165) is 19.6 Å². The van der Waals surface area contributed by atoms with Gasteiger partial charge in [-0.1, -0.05) is 33.6 Å². The Kier molecular flexibility index (Phi) is 9.80. The molecule has 0 radical (unpaired) electrons. The molecule has 0 aromatic rings. The van der Waals surface area contributed by atoms with Gasteiger partial charge in [-0.3, -0.25) is 9.69 Å². The van der Waals surface area contributed by atoms with Crippen LogP contribution in [-0.4, -0.2) is 72.5 Å². The van der Waals surface area contributed by atoms with Gasteiger partial charge in [0.05, 0.1) is 0 Å². The molecule has 2 saturated heterocycles. The highest BCUT2D eigenvalue weighted by molar-refractivity contribution is 5.74. The minimum atomic E-state index is 0.280. The van der Waals surface area contributed by atoms with Crippen molar-refractivity contribution in [3.05, 3.63) is 0 Å². The van der Waals surface area contributed by atoms with E-state index >= 15 is 0 Å². The van der Waals surface area contributed by atoms with Crippen LogP contribution in [0.15, 0.2) is 0 Å². The first-order valence-corrected chi connectivity index (χ1v) is 9.81. The second kappa shape index (κ2) is 11.0. The van der Waals surface area contributed by atoms with Crippen molar-refractivity contribution < 1.29 is 4.79 Å². The molecule has 0 saturated carbocycles. The van der Waals surface area contributed by atoms with Crippen LogP contribution in [-0.2, 0) is 4.79 Å². The number of rotatable bonds is 8. The van der Waals surface area contributed by atoms with Gasteiger partial charge in [-0.2, -0.15) is 0 Å². The fourth-order valence-electron chi connectivity index (χ4n) is 3.92. The fourth-order valence-corrected chi connectivity index (χ4v) is 3.92. The molecular weight excluding hydrogens is 286 g/mol. The summed E-state index contributed by atoms with van der Waals surface area (Å²) in [5, 5.41) is 0. The molecule has 4 nitrogen and oxygen atoms in total. The Bertz CT molecular complexity index is 321. The molecular formula is C19H39N3O. The summed E-state index contributed by atoms with van der Waals surface area (Å²) in [6.07, 6.45) is 7.77.